The summed E-state index contributed by atoms with van der Waals surface area (Å²) in [6.07, 6.45) is 0. The number of fused-ring (bicyclic) bond motifs is 13. The largest absolute Gasteiger partial charge is 0.456 e. The minimum atomic E-state index is 0.531. The van der Waals surface area contributed by atoms with Crippen LogP contribution in [0.25, 0.3) is 144 Å². The Morgan fingerprint density at radius 3 is 1.59 bits per heavy atom. The predicted molar refractivity (Wildman–Crippen MR) is 285 cm³/mol. The summed E-state index contributed by atoms with van der Waals surface area (Å²) in [5.74, 6) is 1.65. The van der Waals surface area contributed by atoms with Crippen molar-refractivity contribution >= 4 is 87.5 Å². The van der Waals surface area contributed by atoms with Gasteiger partial charge < -0.3 is 18.0 Å². The number of para-hydroxylation sites is 5. The van der Waals surface area contributed by atoms with Gasteiger partial charge in [0.25, 0.3) is 0 Å². The molecule has 70 heavy (non-hydrogen) atoms. The molecule has 326 valence electrons. The van der Waals surface area contributed by atoms with Gasteiger partial charge in [0.1, 0.15) is 22.3 Å². The molecule has 10 aromatic carbocycles. The predicted octanol–water partition coefficient (Wildman–Crippen LogP) is 16.5. The molecule has 0 aliphatic carbocycles. The molecule has 0 unspecified atom stereocenters. The van der Waals surface area contributed by atoms with Crippen molar-refractivity contribution in [3.05, 3.63) is 224 Å². The van der Waals surface area contributed by atoms with Gasteiger partial charge in [0, 0.05) is 65.6 Å². The van der Waals surface area contributed by atoms with Gasteiger partial charge in [-0.3, -0.25) is 0 Å². The Balaban J connectivity index is 0.942. The summed E-state index contributed by atoms with van der Waals surface area (Å²) < 4.78 is 18.0. The van der Waals surface area contributed by atoms with Crippen LogP contribution in [0.1, 0.15) is 0 Å². The van der Waals surface area contributed by atoms with Crippen molar-refractivity contribution in [2.24, 2.45) is 0 Å². The van der Waals surface area contributed by atoms with Gasteiger partial charge in [-0.05, 0) is 83.9 Å². The number of nitrogens with zero attached hydrogens (tertiary/aromatic N) is 5. The van der Waals surface area contributed by atoms with Crippen molar-refractivity contribution < 1.29 is 8.83 Å². The average Bonchev–Trinajstić information content (AvgIpc) is 4.19. The van der Waals surface area contributed by atoms with Gasteiger partial charge in [0.05, 0.1) is 27.6 Å². The standard InChI is InChI=1S/C63H37N5O2/c1-4-16-38(17-5-1)61-64-62(66-63(65-61)49-26-14-24-47-44-23-11-13-28-54(44)70-60(47)49)48-25-15-29-56-57(48)51-37-40(31-35-55(51)69-56)39-30-34-53-50(36-39)46-33-32-45-43-22-10-12-27-52(43)67(41-18-6-2-7-19-41)58(45)59(46)68(53)42-20-8-3-9-21-42/h1-37H. The molecule has 0 bridgehead atoms. The van der Waals surface area contributed by atoms with Crippen molar-refractivity contribution in [2.45, 2.75) is 0 Å². The highest BCUT2D eigenvalue weighted by atomic mass is 16.3. The van der Waals surface area contributed by atoms with E-state index in [4.69, 9.17) is 23.8 Å². The maximum atomic E-state index is 6.63. The van der Waals surface area contributed by atoms with Gasteiger partial charge in [-0.15, -0.1) is 0 Å². The maximum absolute atomic E-state index is 6.63. The molecule has 0 fully saturated rings. The van der Waals surface area contributed by atoms with E-state index in [0.717, 1.165) is 88.6 Å². The van der Waals surface area contributed by atoms with Gasteiger partial charge in [-0.1, -0.05) is 152 Å². The Bertz CT molecular complexity index is 4580. The molecule has 15 aromatic rings. The molecule has 0 radical (unpaired) electrons. The number of hydrogen-bond acceptors (Lipinski definition) is 5. The summed E-state index contributed by atoms with van der Waals surface area (Å²) in [6, 6.07) is 78.6. The average molecular weight is 896 g/mol. The van der Waals surface area contributed by atoms with E-state index in [2.05, 4.69) is 161 Å². The molecular weight excluding hydrogens is 859 g/mol. The third-order valence-electron chi connectivity index (χ3n) is 14.0. The molecule has 5 heterocycles. The minimum absolute atomic E-state index is 0.531. The highest BCUT2D eigenvalue weighted by molar-refractivity contribution is 6.24. The zero-order valence-electron chi connectivity index (χ0n) is 37.4. The number of benzene rings is 10. The molecule has 0 amide bonds. The summed E-state index contributed by atoms with van der Waals surface area (Å²) in [6.45, 7) is 0. The second-order valence-electron chi connectivity index (χ2n) is 17.9. The first-order valence-corrected chi connectivity index (χ1v) is 23.5. The maximum Gasteiger partial charge on any atom is 0.167 e. The lowest BCUT2D eigenvalue weighted by atomic mass is 9.99. The van der Waals surface area contributed by atoms with Crippen LogP contribution >= 0.6 is 0 Å². The molecule has 0 N–H and O–H groups in total. The van der Waals surface area contributed by atoms with Crippen LogP contribution in [-0.2, 0) is 0 Å². The monoisotopic (exact) mass is 895 g/mol. The van der Waals surface area contributed by atoms with Gasteiger partial charge in [0.2, 0.25) is 0 Å². The van der Waals surface area contributed by atoms with Crippen LogP contribution in [-0.4, -0.2) is 24.1 Å². The van der Waals surface area contributed by atoms with E-state index in [-0.39, 0.29) is 0 Å². The number of hydrogen-bond donors (Lipinski definition) is 0. The first-order chi connectivity index (χ1) is 34.7. The molecule has 0 aliphatic heterocycles. The second kappa shape index (κ2) is 15.0. The topological polar surface area (TPSA) is 74.8 Å². The van der Waals surface area contributed by atoms with Crippen LogP contribution in [0.3, 0.4) is 0 Å². The van der Waals surface area contributed by atoms with Crippen molar-refractivity contribution in [3.63, 3.8) is 0 Å². The quantitative estimate of drug-likeness (QED) is 0.166. The minimum Gasteiger partial charge on any atom is -0.456 e. The summed E-state index contributed by atoms with van der Waals surface area (Å²) in [5.41, 5.74) is 14.7. The lowest BCUT2D eigenvalue weighted by Gasteiger charge is -2.12. The molecule has 0 saturated carbocycles. The lowest BCUT2D eigenvalue weighted by molar-refractivity contribution is 0.668. The number of furan rings is 2. The van der Waals surface area contributed by atoms with Gasteiger partial charge in [-0.25, -0.2) is 15.0 Å². The van der Waals surface area contributed by atoms with E-state index in [9.17, 15) is 0 Å². The number of aromatic nitrogens is 5. The molecule has 7 nitrogen and oxygen atoms in total. The second-order valence-corrected chi connectivity index (χ2v) is 17.9. The first kappa shape index (κ1) is 38.5. The number of rotatable bonds is 6. The zero-order chi connectivity index (χ0) is 45.9. The van der Waals surface area contributed by atoms with Crippen molar-refractivity contribution in [1.29, 1.82) is 0 Å². The summed E-state index contributed by atoms with van der Waals surface area (Å²) in [7, 11) is 0. The normalized spacial score (nSPS) is 12.0. The van der Waals surface area contributed by atoms with Crippen LogP contribution in [0.15, 0.2) is 233 Å². The zero-order valence-corrected chi connectivity index (χ0v) is 37.4. The highest BCUT2D eigenvalue weighted by Crippen LogP contribution is 2.44. The molecule has 0 atom stereocenters. The highest BCUT2D eigenvalue weighted by Gasteiger charge is 2.24. The fourth-order valence-electron chi connectivity index (χ4n) is 10.9. The van der Waals surface area contributed by atoms with E-state index in [0.29, 0.717) is 17.5 Å². The molecule has 0 spiro atoms. The summed E-state index contributed by atoms with van der Waals surface area (Å²) >= 11 is 0. The fourth-order valence-corrected chi connectivity index (χ4v) is 10.9. The third-order valence-corrected chi connectivity index (χ3v) is 14.0. The van der Waals surface area contributed by atoms with E-state index in [1.165, 1.54) is 38.1 Å². The van der Waals surface area contributed by atoms with Crippen LogP contribution in [0.5, 0.6) is 0 Å². The molecular formula is C63H37N5O2. The van der Waals surface area contributed by atoms with Crippen molar-refractivity contribution in [2.75, 3.05) is 0 Å². The van der Waals surface area contributed by atoms with E-state index in [1.54, 1.807) is 0 Å². The Morgan fingerprint density at radius 1 is 0.300 bits per heavy atom. The van der Waals surface area contributed by atoms with E-state index < -0.39 is 0 Å². The SMILES string of the molecule is c1ccc(-c2nc(-c3cccc4c3oc3ccccc34)nc(-c3cccc4oc5ccc(-c6ccc7c(c6)c6ccc8c9ccccc9n(-c9ccccc9)c8c6n7-c6ccccc6)cc5c34)n2)cc1. The smallest absolute Gasteiger partial charge is 0.167 e. The molecule has 7 heteroatoms. The summed E-state index contributed by atoms with van der Waals surface area (Å²) in [4.78, 5) is 15.6. The first-order valence-electron chi connectivity index (χ1n) is 23.5. The molecule has 0 aliphatic rings. The third kappa shape index (κ3) is 5.72. The molecule has 5 aromatic heterocycles. The molecule has 15 rings (SSSR count). The van der Waals surface area contributed by atoms with Crippen LogP contribution in [0, 0.1) is 0 Å². The van der Waals surface area contributed by atoms with Gasteiger partial charge >= 0.3 is 0 Å². The fraction of sp³-hybridized carbons (Fsp3) is 0. The van der Waals surface area contributed by atoms with Crippen LogP contribution < -0.4 is 0 Å². The Kier molecular flexibility index (Phi) is 8.23. The Hall–Kier alpha value is -9.59. The summed E-state index contributed by atoms with van der Waals surface area (Å²) in [5, 5.41) is 8.78. The van der Waals surface area contributed by atoms with Crippen LogP contribution in [0.4, 0.5) is 0 Å². The van der Waals surface area contributed by atoms with Gasteiger partial charge in [0.15, 0.2) is 17.5 Å². The lowest BCUT2D eigenvalue weighted by Crippen LogP contribution is -2.00. The van der Waals surface area contributed by atoms with Crippen LogP contribution in [0.2, 0.25) is 0 Å². The van der Waals surface area contributed by atoms with E-state index >= 15 is 0 Å². The molecule has 0 saturated heterocycles. The van der Waals surface area contributed by atoms with Gasteiger partial charge in [-0.2, -0.15) is 0 Å². The van der Waals surface area contributed by atoms with E-state index in [1.807, 2.05) is 72.8 Å². The van der Waals surface area contributed by atoms with Crippen molar-refractivity contribution in [3.8, 4) is 56.7 Å². The Labute approximate surface area is 399 Å². The van der Waals surface area contributed by atoms with Crippen molar-refractivity contribution in [1.82, 2.24) is 24.1 Å². The Morgan fingerprint density at radius 2 is 0.829 bits per heavy atom.